The van der Waals surface area contributed by atoms with Gasteiger partial charge in [0.25, 0.3) is 5.91 Å². The summed E-state index contributed by atoms with van der Waals surface area (Å²) in [5, 5.41) is 10.4. The predicted octanol–water partition coefficient (Wildman–Crippen LogP) is 2.26. The van der Waals surface area contributed by atoms with Crippen LogP contribution in [-0.2, 0) is 0 Å². The molecule has 112 valence electrons. The number of amides is 1. The molecule has 1 amide bonds. The van der Waals surface area contributed by atoms with Crippen molar-refractivity contribution < 1.29 is 9.90 Å². The molecule has 1 aliphatic carbocycles. The Hall–Kier alpha value is -1.66. The van der Waals surface area contributed by atoms with Crippen molar-refractivity contribution in [2.75, 3.05) is 19.3 Å². The second-order valence-corrected chi connectivity index (χ2v) is 6.84. The number of carbonyl (C=O) groups excluding carboxylic acids is 1. The second-order valence-electron chi connectivity index (χ2n) is 5.79. The van der Waals surface area contributed by atoms with E-state index in [4.69, 9.17) is 5.73 Å². The van der Waals surface area contributed by atoms with Gasteiger partial charge in [0.15, 0.2) is 0 Å². The van der Waals surface area contributed by atoms with Gasteiger partial charge in [-0.2, -0.15) is 0 Å². The summed E-state index contributed by atoms with van der Waals surface area (Å²) in [6.07, 6.45) is 5.23. The molecular weight excluding hydrogens is 286 g/mol. The third-order valence-corrected chi connectivity index (χ3v) is 5.24. The Morgan fingerprint density at radius 3 is 2.90 bits per heavy atom. The number of aliphatic hydroxyl groups is 1. The minimum atomic E-state index is -0.742. The first-order chi connectivity index (χ1) is 10.0. The number of nitrogens with two attached hydrogens (primary N) is 1. The van der Waals surface area contributed by atoms with E-state index in [1.54, 1.807) is 18.1 Å². The van der Waals surface area contributed by atoms with Gasteiger partial charge in [-0.05, 0) is 25.0 Å². The Bertz CT molecular complexity index is 677. The largest absolute Gasteiger partial charge is 0.396 e. The number of nitrogens with zero attached hydrogens (tertiary/aromatic N) is 2. The maximum Gasteiger partial charge on any atom is 0.265 e. The van der Waals surface area contributed by atoms with Crippen LogP contribution in [0.5, 0.6) is 0 Å². The van der Waals surface area contributed by atoms with Crippen molar-refractivity contribution in [3.63, 3.8) is 0 Å². The quantitative estimate of drug-likeness (QED) is 0.911. The zero-order valence-electron chi connectivity index (χ0n) is 12.0. The molecule has 5 nitrogen and oxygen atoms in total. The molecule has 6 heteroatoms. The fraction of sp³-hybridized carbons (Fsp3) is 0.467. The van der Waals surface area contributed by atoms with Crippen LogP contribution in [0.25, 0.3) is 10.2 Å². The number of aromatic nitrogens is 1. The van der Waals surface area contributed by atoms with Crippen LogP contribution in [0.1, 0.15) is 35.4 Å². The summed E-state index contributed by atoms with van der Waals surface area (Å²) in [4.78, 5) is 18.9. The van der Waals surface area contributed by atoms with Gasteiger partial charge >= 0.3 is 0 Å². The molecule has 1 fully saturated rings. The van der Waals surface area contributed by atoms with Crippen molar-refractivity contribution in [3.8, 4) is 0 Å². The lowest BCUT2D eigenvalue weighted by atomic mass is 10.0. The lowest BCUT2D eigenvalue weighted by molar-refractivity contribution is 0.0159. The number of likely N-dealkylation sites (N-methyl/N-ethyl adjacent to an activating group) is 1. The van der Waals surface area contributed by atoms with Gasteiger partial charge in [0.05, 0.1) is 16.0 Å². The number of carbonyl (C=O) groups is 1. The lowest BCUT2D eigenvalue weighted by Crippen LogP contribution is -2.41. The number of thiophene rings is 1. The van der Waals surface area contributed by atoms with Crippen molar-refractivity contribution in [1.82, 2.24) is 9.88 Å². The first kappa shape index (κ1) is 14.3. The fourth-order valence-corrected chi connectivity index (χ4v) is 4.06. The third kappa shape index (κ3) is 2.61. The fourth-order valence-electron chi connectivity index (χ4n) is 2.98. The molecule has 0 aromatic carbocycles. The monoisotopic (exact) mass is 305 g/mol. The number of hydrogen-bond acceptors (Lipinski definition) is 5. The molecule has 0 unspecified atom stereocenters. The highest BCUT2D eigenvalue weighted by Crippen LogP contribution is 2.34. The minimum absolute atomic E-state index is 0.143. The van der Waals surface area contributed by atoms with Gasteiger partial charge in [-0.25, -0.2) is 0 Å². The Morgan fingerprint density at radius 1 is 1.52 bits per heavy atom. The van der Waals surface area contributed by atoms with E-state index in [1.165, 1.54) is 11.3 Å². The van der Waals surface area contributed by atoms with Crippen LogP contribution >= 0.6 is 11.3 Å². The molecule has 0 saturated heterocycles. The highest BCUT2D eigenvalue weighted by atomic mass is 32.1. The Kier molecular flexibility index (Phi) is 3.59. The maximum absolute atomic E-state index is 12.6. The van der Waals surface area contributed by atoms with Crippen LogP contribution in [0.3, 0.4) is 0 Å². The molecule has 0 radical (unpaired) electrons. The van der Waals surface area contributed by atoms with E-state index in [0.717, 1.165) is 30.4 Å². The Morgan fingerprint density at radius 2 is 2.24 bits per heavy atom. The van der Waals surface area contributed by atoms with Crippen LogP contribution in [0.4, 0.5) is 5.69 Å². The molecule has 21 heavy (non-hydrogen) atoms. The topological polar surface area (TPSA) is 79.5 Å². The van der Waals surface area contributed by atoms with E-state index >= 15 is 0 Å². The van der Waals surface area contributed by atoms with Crippen molar-refractivity contribution in [1.29, 1.82) is 0 Å². The van der Waals surface area contributed by atoms with Gasteiger partial charge in [-0.1, -0.05) is 12.8 Å². The van der Waals surface area contributed by atoms with Crippen molar-refractivity contribution in [3.05, 3.63) is 23.2 Å². The van der Waals surface area contributed by atoms with Crippen molar-refractivity contribution >= 4 is 33.1 Å². The summed E-state index contributed by atoms with van der Waals surface area (Å²) in [5.41, 5.74) is 6.43. The summed E-state index contributed by atoms with van der Waals surface area (Å²) in [7, 11) is 1.72. The molecule has 2 aromatic rings. The van der Waals surface area contributed by atoms with E-state index < -0.39 is 5.60 Å². The van der Waals surface area contributed by atoms with Crippen molar-refractivity contribution in [2.24, 2.45) is 0 Å². The summed E-state index contributed by atoms with van der Waals surface area (Å²) >= 11 is 1.36. The normalized spacial score (nSPS) is 17.2. The highest BCUT2D eigenvalue weighted by molar-refractivity contribution is 7.21. The standard InChI is InChI=1S/C15H19N3O2S/c1-18(9-15(20)6-2-3-7-15)14(19)13-11(16)12-10(21-13)5-4-8-17-12/h4-5,8,20H,2-3,6-7,9,16H2,1H3. The summed E-state index contributed by atoms with van der Waals surface area (Å²) in [6, 6.07) is 3.74. The average Bonchev–Trinajstić information content (AvgIpc) is 3.03. The highest BCUT2D eigenvalue weighted by Gasteiger charge is 2.34. The molecule has 2 aromatic heterocycles. The molecule has 3 N–H and O–H groups in total. The second kappa shape index (κ2) is 5.27. The predicted molar refractivity (Wildman–Crippen MR) is 84.4 cm³/mol. The average molecular weight is 305 g/mol. The first-order valence-electron chi connectivity index (χ1n) is 7.11. The lowest BCUT2D eigenvalue weighted by Gasteiger charge is -2.28. The summed E-state index contributed by atoms with van der Waals surface area (Å²) in [6.45, 7) is 0.354. The van der Waals surface area contributed by atoms with E-state index in [9.17, 15) is 9.90 Å². The van der Waals surface area contributed by atoms with Gasteiger partial charge in [0, 0.05) is 19.8 Å². The van der Waals surface area contributed by atoms with E-state index in [1.807, 2.05) is 12.1 Å². The number of rotatable bonds is 3. The molecular formula is C15H19N3O2S. The summed E-state index contributed by atoms with van der Waals surface area (Å²) in [5.74, 6) is -0.143. The van der Waals surface area contributed by atoms with Gasteiger partial charge in [0.1, 0.15) is 10.4 Å². The van der Waals surface area contributed by atoms with Gasteiger partial charge in [0.2, 0.25) is 0 Å². The SMILES string of the molecule is CN(CC1(O)CCCC1)C(=O)c1sc2cccnc2c1N. The Labute approximate surface area is 127 Å². The van der Waals surface area contributed by atoms with Crippen LogP contribution in [0, 0.1) is 0 Å². The first-order valence-corrected chi connectivity index (χ1v) is 7.93. The van der Waals surface area contributed by atoms with E-state index in [0.29, 0.717) is 22.6 Å². The Balaban J connectivity index is 1.84. The van der Waals surface area contributed by atoms with Gasteiger partial charge < -0.3 is 15.7 Å². The zero-order chi connectivity index (χ0) is 15.0. The number of anilines is 1. The number of hydrogen-bond donors (Lipinski definition) is 2. The molecule has 2 heterocycles. The van der Waals surface area contributed by atoms with Crippen LogP contribution in [0.15, 0.2) is 18.3 Å². The molecule has 3 rings (SSSR count). The van der Waals surface area contributed by atoms with Crippen LogP contribution < -0.4 is 5.73 Å². The maximum atomic E-state index is 12.6. The van der Waals surface area contributed by atoms with E-state index in [-0.39, 0.29) is 5.91 Å². The zero-order valence-corrected chi connectivity index (χ0v) is 12.8. The molecule has 1 aliphatic rings. The molecule has 0 atom stereocenters. The number of nitrogen functional groups attached to an aromatic ring is 1. The van der Waals surface area contributed by atoms with Gasteiger partial charge in [-0.3, -0.25) is 9.78 Å². The summed E-state index contributed by atoms with van der Waals surface area (Å²) < 4.78 is 0.909. The smallest absolute Gasteiger partial charge is 0.265 e. The van der Waals surface area contributed by atoms with E-state index in [2.05, 4.69) is 4.98 Å². The van der Waals surface area contributed by atoms with Crippen LogP contribution in [-0.4, -0.2) is 40.1 Å². The molecule has 0 spiro atoms. The third-order valence-electron chi connectivity index (χ3n) is 4.09. The minimum Gasteiger partial charge on any atom is -0.396 e. The van der Waals surface area contributed by atoms with Gasteiger partial charge in [-0.15, -0.1) is 11.3 Å². The number of pyridine rings is 1. The molecule has 1 saturated carbocycles. The number of fused-ring (bicyclic) bond motifs is 1. The molecule has 0 bridgehead atoms. The molecule has 0 aliphatic heterocycles. The van der Waals surface area contributed by atoms with Crippen LogP contribution in [0.2, 0.25) is 0 Å². The van der Waals surface area contributed by atoms with Crippen molar-refractivity contribution in [2.45, 2.75) is 31.3 Å².